The van der Waals surface area contributed by atoms with Crippen LogP contribution in [0, 0.1) is 5.41 Å². The summed E-state index contributed by atoms with van der Waals surface area (Å²) in [7, 11) is 0. The van der Waals surface area contributed by atoms with Gasteiger partial charge in [-0.25, -0.2) is 0 Å². The molecule has 1 fully saturated rings. The normalized spacial score (nSPS) is 19.7. The van der Waals surface area contributed by atoms with Gasteiger partial charge in [0.05, 0.1) is 17.2 Å². The van der Waals surface area contributed by atoms with E-state index in [0.717, 1.165) is 5.69 Å². The number of hydrogen-bond acceptors (Lipinski definition) is 3. The summed E-state index contributed by atoms with van der Waals surface area (Å²) in [5.41, 5.74) is 5.66. The molecule has 0 amide bonds. The van der Waals surface area contributed by atoms with Crippen LogP contribution in [0.5, 0.6) is 0 Å². The van der Waals surface area contributed by atoms with E-state index < -0.39 is 11.4 Å². The standard InChI is InChI=1S/C15H25N3O2/c1-2-15(11-16,14(19)20)10-12-8-9-18(17-12)13-6-4-3-5-7-13/h8-9,13H,2-7,10-11,16H2,1H3,(H,19,20). The maximum atomic E-state index is 11.5. The molecule has 0 aromatic carbocycles. The van der Waals surface area contributed by atoms with Crippen LogP contribution in [-0.2, 0) is 11.2 Å². The molecule has 1 heterocycles. The molecular weight excluding hydrogens is 254 g/mol. The minimum Gasteiger partial charge on any atom is -0.481 e. The Morgan fingerprint density at radius 1 is 1.50 bits per heavy atom. The summed E-state index contributed by atoms with van der Waals surface area (Å²) in [5, 5.41) is 14.0. The van der Waals surface area contributed by atoms with E-state index in [4.69, 9.17) is 5.73 Å². The molecule has 112 valence electrons. The van der Waals surface area contributed by atoms with Crippen LogP contribution in [0.4, 0.5) is 0 Å². The second kappa shape index (κ2) is 6.39. The number of carboxylic acids is 1. The Hall–Kier alpha value is -1.36. The van der Waals surface area contributed by atoms with Gasteiger partial charge in [0.15, 0.2) is 0 Å². The van der Waals surface area contributed by atoms with Crippen molar-refractivity contribution in [1.82, 2.24) is 9.78 Å². The van der Waals surface area contributed by atoms with Crippen LogP contribution >= 0.6 is 0 Å². The fraction of sp³-hybridized carbons (Fsp3) is 0.733. The van der Waals surface area contributed by atoms with Gasteiger partial charge in [0.2, 0.25) is 0 Å². The summed E-state index contributed by atoms with van der Waals surface area (Å²) in [6.45, 7) is 2.02. The second-order valence-electron chi connectivity index (χ2n) is 5.90. The third-order valence-electron chi connectivity index (χ3n) is 4.65. The highest BCUT2D eigenvalue weighted by Crippen LogP contribution is 2.29. The summed E-state index contributed by atoms with van der Waals surface area (Å²) < 4.78 is 2.02. The summed E-state index contributed by atoms with van der Waals surface area (Å²) in [5.74, 6) is -0.824. The van der Waals surface area contributed by atoms with Gasteiger partial charge in [0.1, 0.15) is 0 Å². The van der Waals surface area contributed by atoms with Gasteiger partial charge < -0.3 is 10.8 Å². The molecular formula is C15H25N3O2. The van der Waals surface area contributed by atoms with Gasteiger partial charge in [0, 0.05) is 19.2 Å². The first kappa shape index (κ1) is 15.0. The van der Waals surface area contributed by atoms with Crippen molar-refractivity contribution >= 4 is 5.97 Å². The highest BCUT2D eigenvalue weighted by Gasteiger charge is 2.36. The van der Waals surface area contributed by atoms with Crippen molar-refractivity contribution in [3.8, 4) is 0 Å². The molecule has 1 unspecified atom stereocenters. The van der Waals surface area contributed by atoms with Gasteiger partial charge >= 0.3 is 5.97 Å². The average Bonchev–Trinajstić information content (AvgIpc) is 2.94. The smallest absolute Gasteiger partial charge is 0.311 e. The maximum absolute atomic E-state index is 11.5. The third kappa shape index (κ3) is 3.03. The molecule has 1 atom stereocenters. The van der Waals surface area contributed by atoms with Gasteiger partial charge in [-0.1, -0.05) is 26.2 Å². The number of nitrogens with zero attached hydrogens (tertiary/aromatic N) is 2. The molecule has 5 nitrogen and oxygen atoms in total. The lowest BCUT2D eigenvalue weighted by Crippen LogP contribution is -2.40. The fourth-order valence-electron chi connectivity index (χ4n) is 3.02. The summed E-state index contributed by atoms with van der Waals surface area (Å²) in [6.07, 6.45) is 9.11. The molecule has 20 heavy (non-hydrogen) atoms. The first-order valence-electron chi connectivity index (χ1n) is 7.59. The van der Waals surface area contributed by atoms with E-state index in [0.29, 0.717) is 18.9 Å². The average molecular weight is 279 g/mol. The second-order valence-corrected chi connectivity index (χ2v) is 5.90. The Morgan fingerprint density at radius 2 is 2.20 bits per heavy atom. The van der Waals surface area contributed by atoms with E-state index in [-0.39, 0.29) is 6.54 Å². The van der Waals surface area contributed by atoms with Crippen LogP contribution in [0.25, 0.3) is 0 Å². The first-order valence-corrected chi connectivity index (χ1v) is 7.59. The van der Waals surface area contributed by atoms with Crippen LogP contribution in [0.15, 0.2) is 12.3 Å². The maximum Gasteiger partial charge on any atom is 0.311 e. The van der Waals surface area contributed by atoms with E-state index in [1.807, 2.05) is 23.9 Å². The topological polar surface area (TPSA) is 81.1 Å². The van der Waals surface area contributed by atoms with E-state index in [9.17, 15) is 9.90 Å². The zero-order valence-corrected chi connectivity index (χ0v) is 12.2. The summed E-state index contributed by atoms with van der Waals surface area (Å²) in [4.78, 5) is 11.5. The monoisotopic (exact) mass is 279 g/mol. The Labute approximate surface area is 120 Å². The summed E-state index contributed by atoms with van der Waals surface area (Å²) in [6, 6.07) is 2.42. The van der Waals surface area contributed by atoms with Gasteiger partial charge in [-0.2, -0.15) is 5.10 Å². The molecule has 1 aromatic rings. The van der Waals surface area contributed by atoms with Gasteiger partial charge in [-0.05, 0) is 25.3 Å². The lowest BCUT2D eigenvalue weighted by Gasteiger charge is -2.25. The Kier molecular flexibility index (Phi) is 4.81. The van der Waals surface area contributed by atoms with Crippen molar-refractivity contribution < 1.29 is 9.90 Å². The SMILES string of the molecule is CCC(CN)(Cc1ccn(C2CCCCC2)n1)C(=O)O. The number of carbonyl (C=O) groups is 1. The van der Waals surface area contributed by atoms with Crippen LogP contribution in [0.1, 0.15) is 57.2 Å². The number of nitrogens with two attached hydrogens (primary N) is 1. The van der Waals surface area contributed by atoms with Gasteiger partial charge in [0.25, 0.3) is 0 Å². The molecule has 1 aliphatic rings. The Balaban J connectivity index is 2.10. The molecule has 2 rings (SSSR count). The number of rotatable bonds is 6. The first-order chi connectivity index (χ1) is 9.61. The lowest BCUT2D eigenvalue weighted by atomic mass is 9.81. The zero-order valence-electron chi connectivity index (χ0n) is 12.2. The van der Waals surface area contributed by atoms with Crippen molar-refractivity contribution in [2.45, 2.75) is 57.9 Å². The van der Waals surface area contributed by atoms with Gasteiger partial charge in [-0.15, -0.1) is 0 Å². The third-order valence-corrected chi connectivity index (χ3v) is 4.65. The minimum atomic E-state index is -0.883. The minimum absolute atomic E-state index is 0.148. The molecule has 1 aromatic heterocycles. The van der Waals surface area contributed by atoms with E-state index in [1.54, 1.807) is 0 Å². The fourth-order valence-corrected chi connectivity index (χ4v) is 3.02. The molecule has 0 saturated heterocycles. The predicted molar refractivity (Wildman–Crippen MR) is 77.5 cm³/mol. The molecule has 0 aliphatic heterocycles. The van der Waals surface area contributed by atoms with Crippen molar-refractivity contribution in [3.05, 3.63) is 18.0 Å². The summed E-state index contributed by atoms with van der Waals surface area (Å²) >= 11 is 0. The van der Waals surface area contributed by atoms with Crippen LogP contribution in [0.3, 0.4) is 0 Å². The van der Waals surface area contributed by atoms with E-state index >= 15 is 0 Å². The molecule has 0 bridgehead atoms. The molecule has 0 spiro atoms. The van der Waals surface area contributed by atoms with Gasteiger partial charge in [-0.3, -0.25) is 9.48 Å². The van der Waals surface area contributed by atoms with Crippen molar-refractivity contribution in [3.63, 3.8) is 0 Å². The molecule has 1 saturated carbocycles. The van der Waals surface area contributed by atoms with E-state index in [2.05, 4.69) is 5.10 Å². The van der Waals surface area contributed by atoms with Crippen molar-refractivity contribution in [2.24, 2.45) is 11.1 Å². The number of carboxylic acid groups (broad SMARTS) is 1. The van der Waals surface area contributed by atoms with Crippen molar-refractivity contribution in [2.75, 3.05) is 6.54 Å². The highest BCUT2D eigenvalue weighted by molar-refractivity contribution is 5.75. The number of aliphatic carboxylic acids is 1. The van der Waals surface area contributed by atoms with Crippen LogP contribution in [-0.4, -0.2) is 27.4 Å². The zero-order chi connectivity index (χ0) is 14.6. The van der Waals surface area contributed by atoms with E-state index in [1.165, 1.54) is 32.1 Å². The quantitative estimate of drug-likeness (QED) is 0.837. The molecule has 5 heteroatoms. The number of aromatic nitrogens is 2. The van der Waals surface area contributed by atoms with Crippen LogP contribution in [0.2, 0.25) is 0 Å². The Morgan fingerprint density at radius 3 is 2.75 bits per heavy atom. The molecule has 1 aliphatic carbocycles. The Bertz CT molecular complexity index is 446. The molecule has 0 radical (unpaired) electrons. The van der Waals surface area contributed by atoms with Crippen molar-refractivity contribution in [1.29, 1.82) is 0 Å². The number of hydrogen-bond donors (Lipinski definition) is 2. The van der Waals surface area contributed by atoms with Crippen LogP contribution < -0.4 is 5.73 Å². The predicted octanol–water partition coefficient (Wildman–Crippen LogP) is 2.37. The lowest BCUT2D eigenvalue weighted by molar-refractivity contribution is -0.148. The molecule has 3 N–H and O–H groups in total. The largest absolute Gasteiger partial charge is 0.481 e. The highest BCUT2D eigenvalue weighted by atomic mass is 16.4.